The van der Waals surface area contributed by atoms with Crippen LogP contribution in [0.5, 0.6) is 0 Å². The second kappa shape index (κ2) is 4.68. The van der Waals surface area contributed by atoms with Gasteiger partial charge in [-0.15, -0.1) is 0 Å². The van der Waals surface area contributed by atoms with Crippen molar-refractivity contribution in [3.63, 3.8) is 0 Å². The summed E-state index contributed by atoms with van der Waals surface area (Å²) in [6.07, 6.45) is 3.02. The summed E-state index contributed by atoms with van der Waals surface area (Å²) in [5, 5.41) is 11.9. The fourth-order valence-electron chi connectivity index (χ4n) is 1.28. The number of anilines is 3. The van der Waals surface area contributed by atoms with Gasteiger partial charge in [0, 0.05) is 12.4 Å². The predicted molar refractivity (Wildman–Crippen MR) is 65.9 cm³/mol. The van der Waals surface area contributed by atoms with Crippen LogP contribution in [-0.2, 0) is 0 Å². The van der Waals surface area contributed by atoms with Gasteiger partial charge in [0.1, 0.15) is 0 Å². The van der Waals surface area contributed by atoms with E-state index in [-0.39, 0.29) is 5.15 Å². The molecular formula is C11H8ClN5. The average molecular weight is 246 g/mol. The molecule has 0 aliphatic carbocycles. The van der Waals surface area contributed by atoms with Crippen LogP contribution in [0, 0.1) is 11.3 Å². The number of nitrogens with zero attached hydrogens (tertiary/aromatic N) is 3. The second-order valence-electron chi connectivity index (χ2n) is 3.23. The van der Waals surface area contributed by atoms with Crippen LogP contribution in [0.25, 0.3) is 0 Å². The van der Waals surface area contributed by atoms with Crippen molar-refractivity contribution in [1.82, 2.24) is 9.97 Å². The van der Waals surface area contributed by atoms with Crippen molar-refractivity contribution < 1.29 is 0 Å². The molecule has 17 heavy (non-hydrogen) atoms. The first kappa shape index (κ1) is 11.2. The lowest BCUT2D eigenvalue weighted by Gasteiger charge is -2.09. The highest BCUT2D eigenvalue weighted by atomic mass is 35.5. The zero-order valence-electron chi connectivity index (χ0n) is 8.68. The maximum Gasteiger partial charge on any atom is 0.171 e. The van der Waals surface area contributed by atoms with Gasteiger partial charge in [0.2, 0.25) is 0 Å². The molecule has 2 rings (SSSR count). The minimum Gasteiger partial charge on any atom is -0.397 e. The van der Waals surface area contributed by atoms with E-state index in [1.54, 1.807) is 18.2 Å². The Morgan fingerprint density at radius 1 is 1.29 bits per heavy atom. The van der Waals surface area contributed by atoms with Crippen LogP contribution in [-0.4, -0.2) is 9.97 Å². The Morgan fingerprint density at radius 3 is 2.71 bits per heavy atom. The minimum absolute atomic E-state index is 0.260. The molecule has 5 nitrogen and oxygen atoms in total. The molecule has 3 N–H and O–H groups in total. The molecule has 1 aromatic carbocycles. The van der Waals surface area contributed by atoms with E-state index in [0.717, 1.165) is 0 Å². The Bertz CT molecular complexity index is 591. The topological polar surface area (TPSA) is 87.6 Å². The molecule has 0 bridgehead atoms. The monoisotopic (exact) mass is 245 g/mol. The predicted octanol–water partition coefficient (Wildman–Crippen LogP) is 2.33. The third kappa shape index (κ3) is 2.44. The third-order valence-corrected chi connectivity index (χ3v) is 2.36. The number of hydrogen-bond donors (Lipinski definition) is 2. The minimum atomic E-state index is 0.260. The Hall–Kier alpha value is -2.32. The SMILES string of the molecule is N#Cc1ccc(Nc2nccnc2Cl)c(N)c1. The van der Waals surface area contributed by atoms with E-state index in [0.29, 0.717) is 22.8 Å². The zero-order valence-corrected chi connectivity index (χ0v) is 9.44. The molecule has 2 aromatic rings. The van der Waals surface area contributed by atoms with Crippen molar-refractivity contribution >= 4 is 28.8 Å². The van der Waals surface area contributed by atoms with Crippen LogP contribution in [0.15, 0.2) is 30.6 Å². The molecule has 0 aliphatic heterocycles. The molecule has 1 aromatic heterocycles. The van der Waals surface area contributed by atoms with Crippen LogP contribution in [0.4, 0.5) is 17.2 Å². The third-order valence-electron chi connectivity index (χ3n) is 2.09. The molecule has 6 heteroatoms. The fraction of sp³-hybridized carbons (Fsp3) is 0. The number of halogens is 1. The molecule has 0 unspecified atom stereocenters. The van der Waals surface area contributed by atoms with Crippen molar-refractivity contribution in [1.29, 1.82) is 5.26 Å². The number of nitriles is 1. The molecule has 0 aliphatic rings. The van der Waals surface area contributed by atoms with E-state index in [4.69, 9.17) is 22.6 Å². The molecule has 0 saturated heterocycles. The number of nitrogens with one attached hydrogen (secondary N) is 1. The first-order valence-corrected chi connectivity index (χ1v) is 5.11. The van der Waals surface area contributed by atoms with Crippen LogP contribution >= 0.6 is 11.6 Å². The van der Waals surface area contributed by atoms with E-state index >= 15 is 0 Å². The standard InChI is InChI=1S/C11H8ClN5/c12-10-11(16-4-3-15-10)17-9-2-1-7(6-13)5-8(9)14/h1-5H,14H2,(H,16,17). The Morgan fingerprint density at radius 2 is 2.06 bits per heavy atom. The first-order chi connectivity index (χ1) is 8.20. The van der Waals surface area contributed by atoms with Gasteiger partial charge in [0.15, 0.2) is 11.0 Å². The smallest absolute Gasteiger partial charge is 0.171 e. The molecule has 0 spiro atoms. The van der Waals surface area contributed by atoms with E-state index in [1.165, 1.54) is 12.4 Å². The van der Waals surface area contributed by atoms with Gasteiger partial charge in [0.05, 0.1) is 23.0 Å². The van der Waals surface area contributed by atoms with Crippen LogP contribution < -0.4 is 11.1 Å². The number of rotatable bonds is 2. The number of hydrogen-bond acceptors (Lipinski definition) is 5. The molecule has 0 atom stereocenters. The summed E-state index contributed by atoms with van der Waals surface area (Å²) >= 11 is 5.86. The van der Waals surface area contributed by atoms with Gasteiger partial charge in [0.25, 0.3) is 0 Å². The Kier molecular flexibility index (Phi) is 3.08. The summed E-state index contributed by atoms with van der Waals surface area (Å²) in [5.74, 6) is 0.422. The largest absolute Gasteiger partial charge is 0.397 e. The van der Waals surface area contributed by atoms with Gasteiger partial charge in [-0.1, -0.05) is 11.6 Å². The molecule has 0 amide bonds. The lowest BCUT2D eigenvalue weighted by molar-refractivity contribution is 1.20. The Balaban J connectivity index is 2.32. The van der Waals surface area contributed by atoms with Crippen LogP contribution in [0.3, 0.4) is 0 Å². The molecule has 0 radical (unpaired) electrons. The lowest BCUT2D eigenvalue weighted by Crippen LogP contribution is -1.99. The summed E-state index contributed by atoms with van der Waals surface area (Å²) in [7, 11) is 0. The van der Waals surface area contributed by atoms with Crippen molar-refractivity contribution in [2.45, 2.75) is 0 Å². The molecule has 84 valence electrons. The Labute approximate surface area is 103 Å². The summed E-state index contributed by atoms with van der Waals surface area (Å²) in [5.41, 5.74) is 7.37. The summed E-state index contributed by atoms with van der Waals surface area (Å²) in [4.78, 5) is 7.92. The van der Waals surface area contributed by atoms with Crippen LogP contribution in [0.2, 0.25) is 5.15 Å². The normalized spacial score (nSPS) is 9.65. The van der Waals surface area contributed by atoms with Gasteiger partial charge in [-0.25, -0.2) is 9.97 Å². The highest BCUT2D eigenvalue weighted by Gasteiger charge is 2.05. The maximum atomic E-state index is 8.72. The first-order valence-electron chi connectivity index (χ1n) is 4.74. The zero-order chi connectivity index (χ0) is 12.3. The molecular weight excluding hydrogens is 238 g/mol. The fourth-order valence-corrected chi connectivity index (χ4v) is 1.43. The van der Waals surface area contributed by atoms with Crippen molar-refractivity contribution in [3.8, 4) is 6.07 Å². The highest BCUT2D eigenvalue weighted by Crippen LogP contribution is 2.25. The van der Waals surface area contributed by atoms with Gasteiger partial charge < -0.3 is 11.1 Å². The van der Waals surface area contributed by atoms with Crippen molar-refractivity contribution in [2.24, 2.45) is 0 Å². The van der Waals surface area contributed by atoms with Gasteiger partial charge in [-0.2, -0.15) is 5.26 Å². The molecule has 0 fully saturated rings. The van der Waals surface area contributed by atoms with Gasteiger partial charge in [-0.3, -0.25) is 0 Å². The summed E-state index contributed by atoms with van der Waals surface area (Å²) in [6, 6.07) is 6.93. The summed E-state index contributed by atoms with van der Waals surface area (Å²) < 4.78 is 0. The van der Waals surface area contributed by atoms with Crippen LogP contribution in [0.1, 0.15) is 5.56 Å². The van der Waals surface area contributed by atoms with Crippen molar-refractivity contribution in [2.75, 3.05) is 11.1 Å². The second-order valence-corrected chi connectivity index (χ2v) is 3.59. The molecule has 1 heterocycles. The average Bonchev–Trinajstić information content (AvgIpc) is 2.34. The van der Waals surface area contributed by atoms with Gasteiger partial charge >= 0.3 is 0 Å². The van der Waals surface area contributed by atoms with E-state index < -0.39 is 0 Å². The highest BCUT2D eigenvalue weighted by molar-refractivity contribution is 6.31. The molecule has 0 saturated carbocycles. The van der Waals surface area contributed by atoms with E-state index in [1.807, 2.05) is 6.07 Å². The number of benzene rings is 1. The maximum absolute atomic E-state index is 8.72. The quantitative estimate of drug-likeness (QED) is 0.793. The van der Waals surface area contributed by atoms with Gasteiger partial charge in [-0.05, 0) is 18.2 Å². The van der Waals surface area contributed by atoms with Crippen molar-refractivity contribution in [3.05, 3.63) is 41.3 Å². The summed E-state index contributed by atoms with van der Waals surface area (Å²) in [6.45, 7) is 0. The number of aromatic nitrogens is 2. The number of nitrogens with two attached hydrogens (primary N) is 1. The lowest BCUT2D eigenvalue weighted by atomic mass is 10.2. The van der Waals surface area contributed by atoms with E-state index in [9.17, 15) is 0 Å². The number of nitrogen functional groups attached to an aromatic ring is 1. The van der Waals surface area contributed by atoms with E-state index in [2.05, 4.69) is 15.3 Å².